The molecule has 0 aliphatic rings. The van der Waals surface area contributed by atoms with Crippen LogP contribution < -0.4 is 10.5 Å². The van der Waals surface area contributed by atoms with Gasteiger partial charge in [0.25, 0.3) is 0 Å². The number of aromatic amines is 2. The van der Waals surface area contributed by atoms with Crippen LogP contribution in [-0.4, -0.2) is 23.6 Å². The first kappa shape index (κ1) is 13.7. The fourth-order valence-corrected chi connectivity index (χ4v) is 3.33. The number of nitrogens with two attached hydrogens (primary N) is 1. The zero-order chi connectivity index (χ0) is 15.0. The average Bonchev–Trinajstić information content (AvgIpc) is 3.02. The zero-order valence-electron chi connectivity index (χ0n) is 11.3. The minimum absolute atomic E-state index is 0.187. The van der Waals surface area contributed by atoms with E-state index in [1.165, 1.54) is 6.20 Å². The van der Waals surface area contributed by atoms with E-state index >= 15 is 0 Å². The molecule has 0 fully saturated rings. The molecule has 0 spiro atoms. The van der Waals surface area contributed by atoms with Gasteiger partial charge in [0.15, 0.2) is 0 Å². The number of nitrogens with zero attached hydrogens (tertiary/aromatic N) is 1. The number of anilines is 1. The average molecular weight is 305 g/mol. The van der Waals surface area contributed by atoms with Crippen LogP contribution in [0.4, 0.5) is 5.69 Å². The Kier molecular flexibility index (Phi) is 3.19. The molecular weight excluding hydrogens is 290 g/mol. The number of nitrogen functional groups attached to an aromatic ring is 1. The minimum atomic E-state index is -3.61. The van der Waals surface area contributed by atoms with Gasteiger partial charge in [0.1, 0.15) is 4.90 Å². The van der Waals surface area contributed by atoms with Gasteiger partial charge in [0.2, 0.25) is 10.0 Å². The summed E-state index contributed by atoms with van der Waals surface area (Å²) in [6, 6.07) is 5.07. The molecule has 21 heavy (non-hydrogen) atoms. The maximum absolute atomic E-state index is 12.4. The predicted molar refractivity (Wildman–Crippen MR) is 80.1 cm³/mol. The quantitative estimate of drug-likeness (QED) is 0.543. The molecule has 0 aliphatic heterocycles. The summed E-state index contributed by atoms with van der Waals surface area (Å²) in [5.74, 6) is 0. The molecule has 0 radical (unpaired) electrons. The smallest absolute Gasteiger partial charge is 0.242 e. The number of hydrogen-bond donors (Lipinski definition) is 4. The number of benzene rings is 1. The molecule has 5 N–H and O–H groups in total. The zero-order valence-corrected chi connectivity index (χ0v) is 12.2. The van der Waals surface area contributed by atoms with Crippen LogP contribution in [0.2, 0.25) is 0 Å². The van der Waals surface area contributed by atoms with Crippen LogP contribution >= 0.6 is 0 Å². The number of aryl methyl sites for hydroxylation is 1. The lowest BCUT2D eigenvalue weighted by atomic mass is 10.2. The lowest BCUT2D eigenvalue weighted by Crippen LogP contribution is -2.23. The molecule has 0 aliphatic carbocycles. The first-order valence-corrected chi connectivity index (χ1v) is 7.81. The van der Waals surface area contributed by atoms with Crippen molar-refractivity contribution in [3.63, 3.8) is 0 Å². The number of sulfonamides is 1. The van der Waals surface area contributed by atoms with E-state index in [9.17, 15) is 8.42 Å². The molecular formula is C13H15N5O2S. The van der Waals surface area contributed by atoms with Gasteiger partial charge in [-0.1, -0.05) is 0 Å². The fraction of sp³-hybridized carbons (Fsp3) is 0.154. The highest BCUT2D eigenvalue weighted by atomic mass is 32.2. The molecule has 7 nitrogen and oxygen atoms in total. The Labute approximate surface area is 121 Å². The second kappa shape index (κ2) is 4.90. The van der Waals surface area contributed by atoms with Crippen LogP contribution in [-0.2, 0) is 16.6 Å². The summed E-state index contributed by atoms with van der Waals surface area (Å²) < 4.78 is 27.4. The molecule has 0 saturated carbocycles. The van der Waals surface area contributed by atoms with Crippen molar-refractivity contribution in [3.8, 4) is 0 Å². The maximum Gasteiger partial charge on any atom is 0.242 e. The number of nitrogens with one attached hydrogen (secondary N) is 3. The van der Waals surface area contributed by atoms with Crippen molar-refractivity contribution in [3.05, 3.63) is 41.9 Å². The lowest BCUT2D eigenvalue weighted by molar-refractivity contribution is 0.582. The predicted octanol–water partition coefficient (Wildman–Crippen LogP) is 1.26. The maximum atomic E-state index is 12.4. The van der Waals surface area contributed by atoms with Crippen LogP contribution in [0.3, 0.4) is 0 Å². The standard InChI is InChI=1S/C13H15N5O2S/c1-8-9(5-16-18-8)6-17-21(19,20)13-7-15-12-4-10(14)2-3-11(12)13/h2-5,7,15,17H,6,14H2,1H3,(H,16,18). The van der Waals surface area contributed by atoms with Gasteiger partial charge in [-0.3, -0.25) is 5.10 Å². The van der Waals surface area contributed by atoms with Gasteiger partial charge >= 0.3 is 0 Å². The molecule has 0 bridgehead atoms. The van der Waals surface area contributed by atoms with E-state index in [2.05, 4.69) is 19.9 Å². The normalized spacial score (nSPS) is 12.0. The van der Waals surface area contributed by atoms with Gasteiger partial charge in [0.05, 0.1) is 6.20 Å². The molecule has 8 heteroatoms. The molecule has 2 heterocycles. The van der Waals surface area contributed by atoms with Gasteiger partial charge in [-0.25, -0.2) is 13.1 Å². The molecule has 3 aromatic rings. The summed E-state index contributed by atoms with van der Waals surface area (Å²) >= 11 is 0. The Hall–Kier alpha value is -2.32. The number of hydrogen-bond acceptors (Lipinski definition) is 4. The highest BCUT2D eigenvalue weighted by molar-refractivity contribution is 7.89. The van der Waals surface area contributed by atoms with Gasteiger partial charge in [-0.15, -0.1) is 0 Å². The minimum Gasteiger partial charge on any atom is -0.399 e. The Bertz CT molecular complexity index is 894. The summed E-state index contributed by atoms with van der Waals surface area (Å²) in [5, 5.41) is 7.25. The number of fused-ring (bicyclic) bond motifs is 1. The van der Waals surface area contributed by atoms with E-state index in [-0.39, 0.29) is 11.4 Å². The summed E-state index contributed by atoms with van der Waals surface area (Å²) in [6.07, 6.45) is 3.07. The van der Waals surface area contributed by atoms with Gasteiger partial charge in [-0.05, 0) is 25.1 Å². The van der Waals surface area contributed by atoms with Crippen molar-refractivity contribution in [1.82, 2.24) is 19.9 Å². The molecule has 3 rings (SSSR count). The summed E-state index contributed by atoms with van der Waals surface area (Å²) in [7, 11) is -3.61. The van der Waals surface area contributed by atoms with Crippen molar-refractivity contribution in [2.45, 2.75) is 18.4 Å². The molecule has 0 saturated heterocycles. The van der Waals surface area contributed by atoms with Gasteiger partial charge in [-0.2, -0.15) is 5.10 Å². The van der Waals surface area contributed by atoms with E-state index in [4.69, 9.17) is 5.73 Å². The van der Waals surface area contributed by atoms with Crippen molar-refractivity contribution < 1.29 is 8.42 Å². The van der Waals surface area contributed by atoms with E-state index in [1.807, 2.05) is 6.92 Å². The van der Waals surface area contributed by atoms with E-state index in [0.29, 0.717) is 16.6 Å². The number of aromatic nitrogens is 3. The third kappa shape index (κ3) is 2.50. The van der Waals surface area contributed by atoms with Crippen molar-refractivity contribution in [2.24, 2.45) is 0 Å². The van der Waals surface area contributed by atoms with Crippen LogP contribution in [0, 0.1) is 6.92 Å². The Morgan fingerprint density at radius 2 is 2.19 bits per heavy atom. The van der Waals surface area contributed by atoms with E-state index in [0.717, 1.165) is 11.3 Å². The molecule has 0 atom stereocenters. The fourth-order valence-electron chi connectivity index (χ4n) is 2.14. The highest BCUT2D eigenvalue weighted by Crippen LogP contribution is 2.24. The highest BCUT2D eigenvalue weighted by Gasteiger charge is 2.19. The summed E-state index contributed by atoms with van der Waals surface area (Å²) in [5.41, 5.74) is 8.60. The van der Waals surface area contributed by atoms with Crippen molar-refractivity contribution in [1.29, 1.82) is 0 Å². The Morgan fingerprint density at radius 1 is 1.38 bits per heavy atom. The molecule has 2 aromatic heterocycles. The van der Waals surface area contributed by atoms with Crippen molar-refractivity contribution >= 4 is 26.6 Å². The second-order valence-corrected chi connectivity index (χ2v) is 6.54. The SMILES string of the molecule is Cc1[nH]ncc1CNS(=O)(=O)c1c[nH]c2cc(N)ccc12. The van der Waals surface area contributed by atoms with E-state index in [1.54, 1.807) is 24.4 Å². The number of H-pyrrole nitrogens is 2. The largest absolute Gasteiger partial charge is 0.399 e. The van der Waals surface area contributed by atoms with Gasteiger partial charge < -0.3 is 10.7 Å². The molecule has 1 aromatic carbocycles. The molecule has 110 valence electrons. The summed E-state index contributed by atoms with van der Waals surface area (Å²) in [6.45, 7) is 2.03. The Morgan fingerprint density at radius 3 is 2.90 bits per heavy atom. The number of rotatable bonds is 4. The monoisotopic (exact) mass is 305 g/mol. The molecule has 0 unspecified atom stereocenters. The topological polar surface area (TPSA) is 117 Å². The van der Waals surface area contributed by atoms with Crippen LogP contribution in [0.5, 0.6) is 0 Å². The van der Waals surface area contributed by atoms with Crippen molar-refractivity contribution in [2.75, 3.05) is 5.73 Å². The second-order valence-electron chi connectivity index (χ2n) is 4.80. The first-order chi connectivity index (χ1) is 9.97. The molecule has 0 amide bonds. The van der Waals surface area contributed by atoms with E-state index < -0.39 is 10.0 Å². The first-order valence-electron chi connectivity index (χ1n) is 6.32. The third-order valence-corrected chi connectivity index (χ3v) is 4.79. The third-order valence-electron chi connectivity index (χ3n) is 3.34. The Balaban J connectivity index is 1.91. The van der Waals surface area contributed by atoms with Crippen LogP contribution in [0.1, 0.15) is 11.3 Å². The van der Waals surface area contributed by atoms with Crippen LogP contribution in [0.15, 0.2) is 35.5 Å². The van der Waals surface area contributed by atoms with Gasteiger partial charge in [0, 0.05) is 40.6 Å². The summed E-state index contributed by atoms with van der Waals surface area (Å²) in [4.78, 5) is 3.13. The van der Waals surface area contributed by atoms with Crippen LogP contribution in [0.25, 0.3) is 10.9 Å². The lowest BCUT2D eigenvalue weighted by Gasteiger charge is -2.05.